The fourth-order valence-electron chi connectivity index (χ4n) is 1.16. The Morgan fingerprint density at radius 2 is 1.88 bits per heavy atom. The molecule has 0 unspecified atom stereocenters. The summed E-state index contributed by atoms with van der Waals surface area (Å²) in [7, 11) is 0. The molecular formula is C12H25NO3. The maximum Gasteiger partial charge on any atom is 0.228 e. The molecule has 0 aromatic heterocycles. The third kappa shape index (κ3) is 6.80. The quantitative estimate of drug-likeness (QED) is 0.613. The minimum atomic E-state index is -0.471. The van der Waals surface area contributed by atoms with Crippen LogP contribution in [0.3, 0.4) is 0 Å². The van der Waals surface area contributed by atoms with Crippen LogP contribution in [0.1, 0.15) is 34.1 Å². The second-order valence-electron chi connectivity index (χ2n) is 4.39. The van der Waals surface area contributed by atoms with Gasteiger partial charge in [-0.15, -0.1) is 0 Å². The molecule has 0 aliphatic carbocycles. The van der Waals surface area contributed by atoms with Crippen LogP contribution in [0.4, 0.5) is 0 Å². The van der Waals surface area contributed by atoms with E-state index < -0.39 is 5.41 Å². The van der Waals surface area contributed by atoms with Crippen LogP contribution in [-0.4, -0.2) is 38.9 Å². The molecule has 0 saturated heterocycles. The van der Waals surface area contributed by atoms with Gasteiger partial charge in [-0.2, -0.15) is 0 Å². The van der Waals surface area contributed by atoms with Gasteiger partial charge >= 0.3 is 0 Å². The van der Waals surface area contributed by atoms with Crippen LogP contribution in [0.2, 0.25) is 0 Å². The molecule has 0 bridgehead atoms. The van der Waals surface area contributed by atoms with E-state index in [1.807, 2.05) is 20.8 Å². The Bertz CT molecular complexity index is 193. The van der Waals surface area contributed by atoms with E-state index in [1.165, 1.54) is 0 Å². The van der Waals surface area contributed by atoms with Crippen molar-refractivity contribution in [3.8, 4) is 0 Å². The van der Waals surface area contributed by atoms with Crippen LogP contribution >= 0.6 is 0 Å². The average molecular weight is 231 g/mol. The van der Waals surface area contributed by atoms with E-state index in [9.17, 15) is 4.79 Å². The first-order chi connectivity index (χ1) is 7.54. The first-order valence-electron chi connectivity index (χ1n) is 5.98. The molecule has 1 amide bonds. The highest BCUT2D eigenvalue weighted by atomic mass is 16.5. The summed E-state index contributed by atoms with van der Waals surface area (Å²) in [6.07, 6.45) is 0.974. The molecule has 4 nitrogen and oxygen atoms in total. The zero-order valence-corrected chi connectivity index (χ0v) is 11.0. The lowest BCUT2D eigenvalue weighted by Gasteiger charge is -2.23. The first-order valence-corrected chi connectivity index (χ1v) is 5.98. The van der Waals surface area contributed by atoms with E-state index in [-0.39, 0.29) is 5.91 Å². The van der Waals surface area contributed by atoms with Crippen LogP contribution in [0, 0.1) is 5.41 Å². The molecule has 0 aromatic carbocycles. The summed E-state index contributed by atoms with van der Waals surface area (Å²) >= 11 is 0. The minimum absolute atomic E-state index is 0.0170. The molecule has 0 atom stereocenters. The van der Waals surface area contributed by atoms with Gasteiger partial charge < -0.3 is 14.8 Å². The van der Waals surface area contributed by atoms with Crippen molar-refractivity contribution in [1.82, 2.24) is 5.32 Å². The van der Waals surface area contributed by atoms with Crippen molar-refractivity contribution in [3.05, 3.63) is 0 Å². The molecule has 0 radical (unpaired) electrons. The lowest BCUT2D eigenvalue weighted by Crippen LogP contribution is -2.41. The third-order valence-corrected chi connectivity index (χ3v) is 2.16. The molecule has 0 aliphatic rings. The first kappa shape index (κ1) is 15.4. The summed E-state index contributed by atoms with van der Waals surface area (Å²) < 4.78 is 10.6. The Hall–Kier alpha value is -0.610. The molecule has 0 heterocycles. The summed E-state index contributed by atoms with van der Waals surface area (Å²) in [6, 6.07) is 0. The highest BCUT2D eigenvalue weighted by molar-refractivity contribution is 5.81. The number of amides is 1. The topological polar surface area (TPSA) is 47.6 Å². The zero-order chi connectivity index (χ0) is 12.4. The van der Waals surface area contributed by atoms with Gasteiger partial charge in [0.05, 0.1) is 18.6 Å². The number of carbonyl (C=O) groups is 1. The monoisotopic (exact) mass is 231 g/mol. The molecule has 0 rings (SSSR count). The van der Waals surface area contributed by atoms with Gasteiger partial charge in [0.1, 0.15) is 0 Å². The maximum atomic E-state index is 11.8. The highest BCUT2D eigenvalue weighted by Crippen LogP contribution is 2.15. The molecule has 0 saturated carbocycles. The Morgan fingerprint density at radius 3 is 2.44 bits per heavy atom. The Kier molecular flexibility index (Phi) is 8.21. The summed E-state index contributed by atoms with van der Waals surface area (Å²) in [6.45, 7) is 10.7. The second-order valence-corrected chi connectivity index (χ2v) is 4.39. The summed E-state index contributed by atoms with van der Waals surface area (Å²) in [4.78, 5) is 11.8. The highest BCUT2D eigenvalue weighted by Gasteiger charge is 2.27. The van der Waals surface area contributed by atoms with E-state index >= 15 is 0 Å². The number of nitrogens with one attached hydrogen (secondary N) is 1. The zero-order valence-electron chi connectivity index (χ0n) is 11.0. The average Bonchev–Trinajstić information content (AvgIpc) is 2.24. The van der Waals surface area contributed by atoms with Crippen molar-refractivity contribution in [2.24, 2.45) is 5.41 Å². The Balaban J connectivity index is 3.76. The van der Waals surface area contributed by atoms with Gasteiger partial charge in [-0.05, 0) is 27.2 Å². The molecule has 0 fully saturated rings. The second kappa shape index (κ2) is 8.53. The number of rotatable bonds is 9. The Labute approximate surface area is 98.7 Å². The number of hydrogen-bond acceptors (Lipinski definition) is 3. The molecule has 16 heavy (non-hydrogen) atoms. The van der Waals surface area contributed by atoms with Gasteiger partial charge in [0.15, 0.2) is 0 Å². The molecule has 0 aromatic rings. The standard InChI is InChI=1S/C12H25NO3/c1-5-8-16-10-12(3,4)11(14)13-7-9-15-6-2/h5-10H2,1-4H3,(H,13,14). The lowest BCUT2D eigenvalue weighted by molar-refractivity contribution is -0.132. The molecule has 4 heteroatoms. The van der Waals surface area contributed by atoms with Gasteiger partial charge in [-0.25, -0.2) is 0 Å². The van der Waals surface area contributed by atoms with E-state index in [2.05, 4.69) is 12.2 Å². The third-order valence-electron chi connectivity index (χ3n) is 2.16. The number of carbonyl (C=O) groups excluding carboxylic acids is 1. The fraction of sp³-hybridized carbons (Fsp3) is 0.917. The van der Waals surface area contributed by atoms with Crippen LogP contribution in [-0.2, 0) is 14.3 Å². The molecule has 96 valence electrons. The molecule has 0 aliphatic heterocycles. The molecular weight excluding hydrogens is 206 g/mol. The fourth-order valence-corrected chi connectivity index (χ4v) is 1.16. The van der Waals surface area contributed by atoms with Gasteiger partial charge in [-0.3, -0.25) is 4.79 Å². The van der Waals surface area contributed by atoms with Crippen LogP contribution < -0.4 is 5.32 Å². The van der Waals surface area contributed by atoms with E-state index in [1.54, 1.807) is 0 Å². The van der Waals surface area contributed by atoms with Crippen molar-refractivity contribution in [2.75, 3.05) is 33.0 Å². The van der Waals surface area contributed by atoms with Crippen LogP contribution in [0.5, 0.6) is 0 Å². The normalized spacial score (nSPS) is 11.5. The number of hydrogen-bond donors (Lipinski definition) is 1. The summed E-state index contributed by atoms with van der Waals surface area (Å²) in [5, 5.41) is 2.84. The number of ether oxygens (including phenoxy) is 2. The van der Waals surface area contributed by atoms with Gasteiger partial charge in [-0.1, -0.05) is 6.92 Å². The predicted molar refractivity (Wildman–Crippen MR) is 64.4 cm³/mol. The minimum Gasteiger partial charge on any atom is -0.380 e. The van der Waals surface area contributed by atoms with Crippen molar-refractivity contribution < 1.29 is 14.3 Å². The van der Waals surface area contributed by atoms with E-state index in [0.717, 1.165) is 6.42 Å². The van der Waals surface area contributed by atoms with Gasteiger partial charge in [0.25, 0.3) is 0 Å². The van der Waals surface area contributed by atoms with Crippen molar-refractivity contribution in [2.45, 2.75) is 34.1 Å². The van der Waals surface area contributed by atoms with Crippen molar-refractivity contribution >= 4 is 5.91 Å². The Morgan fingerprint density at radius 1 is 1.19 bits per heavy atom. The van der Waals surface area contributed by atoms with Crippen molar-refractivity contribution in [1.29, 1.82) is 0 Å². The lowest BCUT2D eigenvalue weighted by atomic mass is 9.93. The van der Waals surface area contributed by atoms with E-state index in [0.29, 0.717) is 33.0 Å². The SMILES string of the molecule is CCCOCC(C)(C)C(=O)NCCOCC. The van der Waals surface area contributed by atoms with Crippen LogP contribution in [0.15, 0.2) is 0 Å². The maximum absolute atomic E-state index is 11.8. The van der Waals surface area contributed by atoms with E-state index in [4.69, 9.17) is 9.47 Å². The summed E-state index contributed by atoms with van der Waals surface area (Å²) in [5.41, 5.74) is -0.471. The smallest absolute Gasteiger partial charge is 0.228 e. The molecule has 0 spiro atoms. The van der Waals surface area contributed by atoms with Crippen LogP contribution in [0.25, 0.3) is 0 Å². The van der Waals surface area contributed by atoms with Crippen molar-refractivity contribution in [3.63, 3.8) is 0 Å². The van der Waals surface area contributed by atoms with Gasteiger partial charge in [0.2, 0.25) is 5.91 Å². The summed E-state index contributed by atoms with van der Waals surface area (Å²) in [5.74, 6) is 0.0170. The van der Waals surface area contributed by atoms with Gasteiger partial charge in [0, 0.05) is 19.8 Å². The largest absolute Gasteiger partial charge is 0.380 e. The predicted octanol–water partition coefficient (Wildman–Crippen LogP) is 1.59. The molecule has 1 N–H and O–H groups in total.